The van der Waals surface area contributed by atoms with E-state index in [1.54, 1.807) is 60.0 Å². The number of hydrogen-bond acceptors (Lipinski definition) is 20. The molecule has 0 spiro atoms. The van der Waals surface area contributed by atoms with Crippen LogP contribution < -0.4 is 0 Å². The lowest BCUT2D eigenvalue weighted by Gasteiger charge is -2.49. The monoisotopic (exact) mass is 1090 g/mol. The molecule has 0 aliphatic carbocycles. The van der Waals surface area contributed by atoms with Crippen LogP contribution in [0, 0.1) is 17.8 Å². The molecular formula is C54H87FN6O14S. The van der Waals surface area contributed by atoms with Crippen LogP contribution >= 0.6 is 11.3 Å². The first-order chi connectivity index (χ1) is 35.7. The van der Waals surface area contributed by atoms with Gasteiger partial charge in [0.25, 0.3) is 5.19 Å². The van der Waals surface area contributed by atoms with Crippen molar-refractivity contribution in [3.8, 4) is 16.5 Å². The summed E-state index contributed by atoms with van der Waals surface area (Å²) >= 11 is 1.13. The largest absolute Gasteiger partial charge is 0.486 e. The molecule has 76 heavy (non-hydrogen) atoms. The number of carbonyl (C=O) groups is 1. The second-order valence-electron chi connectivity index (χ2n) is 22.6. The molecule has 3 saturated heterocycles. The molecule has 3 aromatic rings. The minimum absolute atomic E-state index is 0.0302. The summed E-state index contributed by atoms with van der Waals surface area (Å²) in [6.45, 7) is 17.4. The van der Waals surface area contributed by atoms with Gasteiger partial charge in [-0.05, 0) is 93.3 Å². The van der Waals surface area contributed by atoms with Crippen LogP contribution in [0.5, 0.6) is 5.19 Å². The molecule has 22 heteroatoms. The number of aromatic hydroxyl groups is 1. The second-order valence-corrected chi connectivity index (χ2v) is 23.5. The Morgan fingerprint density at radius 1 is 0.987 bits per heavy atom. The average molecular weight is 1100 g/mol. The van der Waals surface area contributed by atoms with Gasteiger partial charge < -0.3 is 73.6 Å². The van der Waals surface area contributed by atoms with Gasteiger partial charge in [0, 0.05) is 75.3 Å². The van der Waals surface area contributed by atoms with Gasteiger partial charge in [0.1, 0.15) is 48.8 Å². The minimum atomic E-state index is -1.86. The maximum absolute atomic E-state index is 14.9. The molecule has 6 rings (SSSR count). The van der Waals surface area contributed by atoms with E-state index in [1.165, 1.54) is 25.8 Å². The molecule has 0 bridgehead atoms. The number of esters is 1. The third-order valence-electron chi connectivity index (χ3n) is 16.5. The number of ether oxygens (including phenoxy) is 7. The van der Waals surface area contributed by atoms with Crippen molar-refractivity contribution in [1.29, 1.82) is 0 Å². The molecule has 0 amide bonds. The van der Waals surface area contributed by atoms with E-state index in [-0.39, 0.29) is 30.4 Å². The predicted octanol–water partition coefficient (Wildman–Crippen LogP) is 4.83. The molecular weight excluding hydrogens is 1010 g/mol. The highest BCUT2D eigenvalue weighted by molar-refractivity contribution is 7.11. The number of hydrogen-bond donors (Lipinski definition) is 6. The van der Waals surface area contributed by atoms with E-state index < -0.39 is 127 Å². The molecule has 2 aromatic heterocycles. The molecule has 430 valence electrons. The number of likely N-dealkylation sites (N-methyl/N-ethyl adjacent to an activating group) is 2. The molecule has 20 nitrogen and oxygen atoms in total. The standard InChI is InChI=1S/C54H87FN6O14S/c1-15-41-54(10,68)46(63)33(6)60(12)26-29(2)23-52(8,67)48(31(4)44(32(5)49(65)73-41)74-42-24-53(9,70-14)47(64)34(7)72-42)75-50-43(62)39(22-30(3)71-50)59(11)21-20-37-27-61(58-57-37)40(25-55)45(69-13)36-18-16-35(17-19-36)38-28-76-51(66)56-38/h16-19,27-34,39-48,50,62-64,67-68H,15,20-26H2,1-14H3,(H,56,66)/t29-,30-,31+,32-,33-,34+,39+,40-,41-,42+,43-,44+,45-,46-,47+,48-,50+,52-,53-,54-/m1/s1. The van der Waals surface area contributed by atoms with Gasteiger partial charge in [-0.3, -0.25) is 4.79 Å². The van der Waals surface area contributed by atoms with E-state index in [0.717, 1.165) is 22.5 Å². The molecule has 20 atom stereocenters. The van der Waals surface area contributed by atoms with Crippen LogP contribution in [0.4, 0.5) is 4.39 Å². The lowest BCUT2D eigenvalue weighted by atomic mass is 9.77. The van der Waals surface area contributed by atoms with E-state index in [0.29, 0.717) is 37.3 Å². The van der Waals surface area contributed by atoms with Crippen LogP contribution in [0.25, 0.3) is 11.3 Å². The Morgan fingerprint density at radius 3 is 2.28 bits per heavy atom. The van der Waals surface area contributed by atoms with Gasteiger partial charge >= 0.3 is 5.97 Å². The van der Waals surface area contributed by atoms with E-state index in [9.17, 15) is 39.8 Å². The molecule has 0 radical (unpaired) electrons. The normalized spacial score (nSPS) is 38.5. The number of benzene rings is 1. The zero-order valence-electron chi connectivity index (χ0n) is 46.9. The fourth-order valence-corrected chi connectivity index (χ4v) is 12.3. The molecule has 6 N–H and O–H groups in total. The van der Waals surface area contributed by atoms with Gasteiger partial charge in [-0.1, -0.05) is 61.6 Å². The molecule has 0 saturated carbocycles. The van der Waals surface area contributed by atoms with Gasteiger partial charge in [-0.2, -0.15) is 0 Å². The van der Waals surface area contributed by atoms with Gasteiger partial charge in [-0.15, -0.1) is 5.10 Å². The SMILES string of the molecule is CC[C@H]1OC(=O)[C@H](C)[C@@H](O[C@H]2C[C@@](C)(OC)[C@@H](O)[C@H](C)O2)[C@H](C)[C@@H](O[C@@H]2O[C@H](C)C[C@H](N(C)CCc3cn([C@H](CF)[C@H](OC)c4ccc(-c5csc(O)n5)cc4)nn3)[C@H]2O)[C@](C)(O)C[C@@H](C)CN(C)[C@H](C)[C@@H](O)[C@]1(C)O. The molecule has 5 heterocycles. The van der Waals surface area contributed by atoms with Gasteiger partial charge in [0.05, 0.1) is 52.9 Å². The van der Waals surface area contributed by atoms with Crippen LogP contribution in [-0.2, 0) is 44.4 Å². The van der Waals surface area contributed by atoms with E-state index in [1.807, 2.05) is 62.0 Å². The Labute approximate surface area is 451 Å². The fraction of sp³-hybridized carbons (Fsp3) is 0.778. The third-order valence-corrected chi connectivity index (χ3v) is 17.2. The lowest BCUT2D eigenvalue weighted by molar-refractivity contribution is -0.318. The highest BCUT2D eigenvalue weighted by Gasteiger charge is 2.53. The van der Waals surface area contributed by atoms with Crippen molar-refractivity contribution in [2.24, 2.45) is 17.8 Å². The molecule has 1 aromatic carbocycles. The van der Waals surface area contributed by atoms with Crippen LogP contribution in [-0.4, -0.2) is 205 Å². The summed E-state index contributed by atoms with van der Waals surface area (Å²) in [5.74, 6) is -2.90. The minimum Gasteiger partial charge on any atom is -0.486 e. The van der Waals surface area contributed by atoms with E-state index >= 15 is 0 Å². The number of aliphatic hydroxyl groups excluding tert-OH is 3. The third kappa shape index (κ3) is 14.0. The van der Waals surface area contributed by atoms with Crippen molar-refractivity contribution in [2.45, 2.75) is 204 Å². The number of nitrogens with zero attached hydrogens (tertiary/aromatic N) is 6. The Bertz CT molecular complexity index is 2290. The summed E-state index contributed by atoms with van der Waals surface area (Å²) in [5.41, 5.74) is -1.88. The van der Waals surface area contributed by atoms with Crippen LogP contribution in [0.15, 0.2) is 35.8 Å². The van der Waals surface area contributed by atoms with E-state index in [4.69, 9.17) is 33.2 Å². The Kier molecular flexibility index (Phi) is 21.0. The predicted molar refractivity (Wildman–Crippen MR) is 281 cm³/mol. The first-order valence-electron chi connectivity index (χ1n) is 26.7. The summed E-state index contributed by atoms with van der Waals surface area (Å²) in [6, 6.07) is 5.42. The number of methoxy groups -OCH3 is 2. The molecule has 0 unspecified atom stereocenters. The number of cyclic esters (lactones) is 1. The van der Waals surface area contributed by atoms with E-state index in [2.05, 4.69) is 15.3 Å². The number of rotatable bonds is 16. The van der Waals surface area contributed by atoms with Crippen LogP contribution in [0.2, 0.25) is 0 Å². The van der Waals surface area contributed by atoms with Crippen molar-refractivity contribution >= 4 is 17.3 Å². The van der Waals surface area contributed by atoms with Gasteiger partial charge in [0.2, 0.25) is 0 Å². The van der Waals surface area contributed by atoms with Crippen molar-refractivity contribution in [2.75, 3.05) is 48.1 Å². The van der Waals surface area contributed by atoms with Crippen molar-refractivity contribution < 1.29 is 73.0 Å². The van der Waals surface area contributed by atoms with Crippen LogP contribution in [0.1, 0.15) is 118 Å². The fourth-order valence-electron chi connectivity index (χ4n) is 11.8. The summed E-state index contributed by atoms with van der Waals surface area (Å²) in [4.78, 5) is 22.5. The van der Waals surface area contributed by atoms with Crippen molar-refractivity contribution in [3.05, 3.63) is 47.1 Å². The number of carbonyl (C=O) groups excluding carboxylic acids is 1. The Morgan fingerprint density at radius 2 is 1.67 bits per heavy atom. The highest BCUT2D eigenvalue weighted by Crippen LogP contribution is 2.41. The lowest BCUT2D eigenvalue weighted by Crippen LogP contribution is -2.61. The number of thiazole rings is 1. The summed E-state index contributed by atoms with van der Waals surface area (Å²) in [7, 11) is 6.70. The van der Waals surface area contributed by atoms with Crippen molar-refractivity contribution in [1.82, 2.24) is 29.8 Å². The number of aromatic nitrogens is 4. The number of aliphatic hydroxyl groups is 5. The van der Waals surface area contributed by atoms with Crippen LogP contribution in [0.3, 0.4) is 0 Å². The smallest absolute Gasteiger partial charge is 0.311 e. The Hall–Kier alpha value is -3.33. The summed E-state index contributed by atoms with van der Waals surface area (Å²) in [5, 5.41) is 80.0. The summed E-state index contributed by atoms with van der Waals surface area (Å²) in [6.07, 6.45) is -8.18. The first-order valence-corrected chi connectivity index (χ1v) is 27.6. The maximum atomic E-state index is 14.9. The zero-order valence-corrected chi connectivity index (χ0v) is 47.7. The quantitative estimate of drug-likeness (QED) is 0.105. The number of alkyl halides is 1. The Balaban J connectivity index is 1.25. The highest BCUT2D eigenvalue weighted by atomic mass is 32.1. The van der Waals surface area contributed by atoms with Gasteiger partial charge in [0.15, 0.2) is 12.6 Å². The maximum Gasteiger partial charge on any atom is 0.311 e. The zero-order chi connectivity index (χ0) is 56.2. The average Bonchev–Trinajstić information content (AvgIpc) is 4.04. The molecule has 3 aliphatic heterocycles. The number of halogens is 1. The topological polar surface area (TPSA) is 253 Å². The molecule has 3 fully saturated rings. The summed E-state index contributed by atoms with van der Waals surface area (Å²) < 4.78 is 60.5. The molecule has 3 aliphatic rings. The first kappa shape index (κ1) is 61.9. The van der Waals surface area contributed by atoms with Gasteiger partial charge in [-0.25, -0.2) is 14.1 Å². The second kappa shape index (κ2) is 25.9. The van der Waals surface area contributed by atoms with Crippen molar-refractivity contribution in [3.63, 3.8) is 0 Å².